The molecule has 0 rings (SSSR count). The molecule has 2 unspecified atom stereocenters. The number of rotatable bonds is 5. The molecule has 0 radical (unpaired) electrons. The third-order valence-electron chi connectivity index (χ3n) is 1.67. The number of carboxylic acid groups (broad SMARTS) is 1. The van der Waals surface area contributed by atoms with Crippen LogP contribution in [-0.4, -0.2) is 62.7 Å². The fourth-order valence-electron chi connectivity index (χ4n) is 0.833. The lowest BCUT2D eigenvalue weighted by atomic mass is 10.2. The predicted molar refractivity (Wildman–Crippen MR) is 60.5 cm³/mol. The topological polar surface area (TPSA) is 112 Å². The lowest BCUT2D eigenvalue weighted by Gasteiger charge is -2.16. The Hall–Kier alpha value is -1.54. The second-order valence-corrected chi connectivity index (χ2v) is 3.18. The van der Waals surface area contributed by atoms with Crippen molar-refractivity contribution in [3.8, 4) is 0 Å². The number of aliphatic hydroxyl groups excluding tert-OH is 1. The van der Waals surface area contributed by atoms with Crippen LogP contribution in [0.2, 0.25) is 0 Å². The molecule has 108 valence electrons. The van der Waals surface area contributed by atoms with E-state index in [0.29, 0.717) is 6.42 Å². The van der Waals surface area contributed by atoms with E-state index in [1.54, 1.807) is 6.92 Å². The van der Waals surface area contributed by atoms with Crippen molar-refractivity contribution in [2.24, 2.45) is 0 Å². The van der Waals surface area contributed by atoms with E-state index in [0.717, 1.165) is 7.11 Å². The molecule has 18 heavy (non-hydrogen) atoms. The van der Waals surface area contributed by atoms with Crippen molar-refractivity contribution in [3.63, 3.8) is 0 Å². The molecule has 0 heterocycles. The van der Waals surface area contributed by atoms with Crippen molar-refractivity contribution in [1.82, 2.24) is 0 Å². The Labute approximate surface area is 105 Å². The highest BCUT2D eigenvalue weighted by molar-refractivity contribution is 5.59. The summed E-state index contributed by atoms with van der Waals surface area (Å²) >= 11 is 0. The monoisotopic (exact) mass is 268 g/mol. The zero-order valence-electron chi connectivity index (χ0n) is 10.9. The summed E-state index contributed by atoms with van der Waals surface area (Å²) in [5.74, 6) is 0. The molecule has 2 atom stereocenters. The SMILES string of the molecule is COC(=O)O.COC(=O)OCC(CC(C)O)OC. The van der Waals surface area contributed by atoms with Gasteiger partial charge in [0.05, 0.1) is 26.4 Å². The van der Waals surface area contributed by atoms with Gasteiger partial charge in [-0.25, -0.2) is 9.59 Å². The van der Waals surface area contributed by atoms with Gasteiger partial charge in [-0.1, -0.05) is 0 Å². The number of hydrogen-bond acceptors (Lipinski definition) is 7. The number of hydrogen-bond donors (Lipinski definition) is 2. The van der Waals surface area contributed by atoms with E-state index in [9.17, 15) is 4.79 Å². The van der Waals surface area contributed by atoms with Gasteiger partial charge >= 0.3 is 12.3 Å². The van der Waals surface area contributed by atoms with Crippen LogP contribution in [0.4, 0.5) is 9.59 Å². The molecule has 8 heteroatoms. The molecule has 0 aromatic rings. The smallest absolute Gasteiger partial charge is 0.450 e. The third kappa shape index (κ3) is 14.5. The average Bonchev–Trinajstić information content (AvgIpc) is 2.34. The summed E-state index contributed by atoms with van der Waals surface area (Å²) in [5.41, 5.74) is 0. The van der Waals surface area contributed by atoms with Gasteiger partial charge in [-0.2, -0.15) is 0 Å². The first kappa shape index (κ1) is 18.8. The van der Waals surface area contributed by atoms with Gasteiger partial charge in [-0.15, -0.1) is 0 Å². The molecular formula is C10H20O8. The van der Waals surface area contributed by atoms with E-state index >= 15 is 0 Å². The van der Waals surface area contributed by atoms with Gasteiger partial charge in [0.1, 0.15) is 6.61 Å². The maximum absolute atomic E-state index is 10.6. The van der Waals surface area contributed by atoms with Gasteiger partial charge in [0.2, 0.25) is 0 Å². The molecule has 0 aromatic heterocycles. The number of carbonyl (C=O) groups is 2. The highest BCUT2D eigenvalue weighted by Gasteiger charge is 2.13. The lowest BCUT2D eigenvalue weighted by Crippen LogP contribution is -2.24. The molecule has 0 spiro atoms. The van der Waals surface area contributed by atoms with E-state index in [-0.39, 0.29) is 12.7 Å². The Bertz CT molecular complexity index is 228. The van der Waals surface area contributed by atoms with Crippen molar-refractivity contribution in [1.29, 1.82) is 0 Å². The minimum Gasteiger partial charge on any atom is -0.450 e. The first-order chi connectivity index (χ1) is 8.37. The molecule has 0 fully saturated rings. The van der Waals surface area contributed by atoms with Gasteiger partial charge < -0.3 is 29.2 Å². The Morgan fingerprint density at radius 3 is 1.94 bits per heavy atom. The summed E-state index contributed by atoms with van der Waals surface area (Å²) in [6.45, 7) is 1.73. The molecular weight excluding hydrogens is 248 g/mol. The summed E-state index contributed by atoms with van der Waals surface area (Å²) in [6.07, 6.45) is -2.34. The summed E-state index contributed by atoms with van der Waals surface area (Å²) < 4.78 is 17.5. The molecule has 0 aromatic carbocycles. The minimum absolute atomic E-state index is 0.0913. The minimum atomic E-state index is -1.25. The van der Waals surface area contributed by atoms with Crippen LogP contribution in [0.3, 0.4) is 0 Å². The molecule has 8 nitrogen and oxygen atoms in total. The second-order valence-electron chi connectivity index (χ2n) is 3.18. The fourth-order valence-corrected chi connectivity index (χ4v) is 0.833. The number of aliphatic hydroxyl groups is 1. The van der Waals surface area contributed by atoms with Crippen molar-refractivity contribution in [2.45, 2.75) is 25.6 Å². The van der Waals surface area contributed by atoms with Crippen LogP contribution in [0.25, 0.3) is 0 Å². The zero-order valence-corrected chi connectivity index (χ0v) is 10.9. The van der Waals surface area contributed by atoms with Gasteiger partial charge in [-0.3, -0.25) is 0 Å². The lowest BCUT2D eigenvalue weighted by molar-refractivity contribution is -0.0105. The summed E-state index contributed by atoms with van der Waals surface area (Å²) in [4.78, 5) is 19.7. The third-order valence-corrected chi connectivity index (χ3v) is 1.67. The Morgan fingerprint density at radius 2 is 1.67 bits per heavy atom. The molecule has 0 aliphatic heterocycles. The molecule has 0 saturated carbocycles. The Kier molecular flexibility index (Phi) is 12.5. The number of methoxy groups -OCH3 is 3. The van der Waals surface area contributed by atoms with Crippen LogP contribution in [0.1, 0.15) is 13.3 Å². The molecule has 2 N–H and O–H groups in total. The molecule has 0 amide bonds. The van der Waals surface area contributed by atoms with Gasteiger partial charge in [0.15, 0.2) is 0 Å². The first-order valence-corrected chi connectivity index (χ1v) is 5.05. The zero-order chi connectivity index (χ0) is 14.6. The van der Waals surface area contributed by atoms with Crippen molar-refractivity contribution in [2.75, 3.05) is 27.9 Å². The van der Waals surface area contributed by atoms with Crippen LogP contribution < -0.4 is 0 Å². The summed E-state index contributed by atoms with van der Waals surface area (Å²) in [5, 5.41) is 16.5. The van der Waals surface area contributed by atoms with E-state index < -0.39 is 18.4 Å². The van der Waals surface area contributed by atoms with Crippen LogP contribution in [0.5, 0.6) is 0 Å². The van der Waals surface area contributed by atoms with Crippen LogP contribution in [0, 0.1) is 0 Å². The average molecular weight is 268 g/mol. The van der Waals surface area contributed by atoms with Crippen molar-refractivity contribution >= 4 is 12.3 Å². The number of carbonyl (C=O) groups excluding carboxylic acids is 1. The quantitative estimate of drug-likeness (QED) is 0.706. The van der Waals surface area contributed by atoms with Crippen molar-refractivity contribution in [3.05, 3.63) is 0 Å². The second kappa shape index (κ2) is 11.9. The van der Waals surface area contributed by atoms with E-state index in [4.69, 9.17) is 19.7 Å². The van der Waals surface area contributed by atoms with Crippen LogP contribution in [-0.2, 0) is 18.9 Å². The van der Waals surface area contributed by atoms with E-state index in [1.807, 2.05) is 0 Å². The first-order valence-electron chi connectivity index (χ1n) is 5.05. The number of ether oxygens (including phenoxy) is 4. The van der Waals surface area contributed by atoms with Crippen LogP contribution in [0.15, 0.2) is 0 Å². The van der Waals surface area contributed by atoms with Gasteiger partial charge in [0.25, 0.3) is 0 Å². The molecule has 0 aliphatic carbocycles. The summed E-state index contributed by atoms with van der Waals surface area (Å²) in [6, 6.07) is 0. The largest absolute Gasteiger partial charge is 0.508 e. The van der Waals surface area contributed by atoms with E-state index in [2.05, 4.69) is 14.2 Å². The highest BCUT2D eigenvalue weighted by Crippen LogP contribution is 2.02. The Morgan fingerprint density at radius 1 is 1.17 bits per heavy atom. The highest BCUT2D eigenvalue weighted by atomic mass is 16.7. The molecule has 0 bridgehead atoms. The normalized spacial score (nSPS) is 12.5. The standard InChI is InChI=1S/C8H16O5.C2H4O3/c1-6(9)4-7(11-2)5-13-8(10)12-3;1-5-2(3)4/h6-7,9H,4-5H2,1-3H3;1H3,(H,3,4). The Balaban J connectivity index is 0. The van der Waals surface area contributed by atoms with E-state index in [1.165, 1.54) is 14.2 Å². The van der Waals surface area contributed by atoms with Crippen LogP contribution >= 0.6 is 0 Å². The maximum atomic E-state index is 10.6. The molecule has 0 aliphatic rings. The fraction of sp³-hybridized carbons (Fsp3) is 0.800. The molecule has 0 saturated heterocycles. The summed E-state index contributed by atoms with van der Waals surface area (Å²) in [7, 11) is 3.83. The van der Waals surface area contributed by atoms with Gasteiger partial charge in [-0.05, 0) is 6.92 Å². The van der Waals surface area contributed by atoms with Crippen molar-refractivity contribution < 1.29 is 38.7 Å². The van der Waals surface area contributed by atoms with Gasteiger partial charge in [0, 0.05) is 13.5 Å². The predicted octanol–water partition coefficient (Wildman–Crippen LogP) is 0.866. The maximum Gasteiger partial charge on any atom is 0.508 e.